The lowest BCUT2D eigenvalue weighted by Crippen LogP contribution is -2.75. The summed E-state index contributed by atoms with van der Waals surface area (Å²) >= 11 is 3.23. The summed E-state index contributed by atoms with van der Waals surface area (Å²) in [7, 11) is 0. The molecule has 0 aliphatic heterocycles. The standard InChI is InChI=1S/C22H18ClF16NO5S/c1-6(2)44-12(41)9-8(5)10(13(42)45-7(3)4)46-11(9)40-14(43)15(24,25)16(26,27)17(28,29)18(30,31)19(32,33)20(34,35)21(36,37)22(23,38)39/h6-7H,1-5H3,(H,40,43). The summed E-state index contributed by atoms with van der Waals surface area (Å²) in [6.07, 6.45) is -1.97. The molecule has 0 saturated heterocycles. The van der Waals surface area contributed by atoms with Gasteiger partial charge in [-0.2, -0.15) is 70.2 Å². The lowest BCUT2D eigenvalue weighted by atomic mass is 9.89. The molecule has 0 unspecified atom stereocenters. The van der Waals surface area contributed by atoms with E-state index < -0.39 is 97.9 Å². The predicted molar refractivity (Wildman–Crippen MR) is 124 cm³/mol. The first-order valence-electron chi connectivity index (χ1n) is 11.7. The highest BCUT2D eigenvalue weighted by molar-refractivity contribution is 7.18. The fraction of sp³-hybridized carbons (Fsp3) is 0.682. The van der Waals surface area contributed by atoms with E-state index in [1.807, 2.05) is 0 Å². The summed E-state index contributed by atoms with van der Waals surface area (Å²) < 4.78 is 230. The molecule has 0 aliphatic rings. The van der Waals surface area contributed by atoms with Crippen molar-refractivity contribution in [3.63, 3.8) is 0 Å². The number of amides is 1. The molecule has 1 amide bonds. The minimum atomic E-state index is -8.78. The molecule has 1 heterocycles. The van der Waals surface area contributed by atoms with E-state index in [2.05, 4.69) is 11.6 Å². The number of ether oxygens (including phenoxy) is 2. The van der Waals surface area contributed by atoms with E-state index in [0.29, 0.717) is 5.32 Å². The molecule has 0 aliphatic carbocycles. The van der Waals surface area contributed by atoms with E-state index in [1.165, 1.54) is 27.7 Å². The zero-order valence-electron chi connectivity index (χ0n) is 23.0. The summed E-state index contributed by atoms with van der Waals surface area (Å²) in [6.45, 7) is 5.79. The van der Waals surface area contributed by atoms with Crippen LogP contribution in [0.3, 0.4) is 0 Å². The van der Waals surface area contributed by atoms with Crippen LogP contribution in [0.2, 0.25) is 0 Å². The van der Waals surface area contributed by atoms with Gasteiger partial charge in [-0.25, -0.2) is 9.59 Å². The Balaban J connectivity index is 3.77. The van der Waals surface area contributed by atoms with Gasteiger partial charge in [0.25, 0.3) is 0 Å². The van der Waals surface area contributed by atoms with Crippen molar-refractivity contribution in [2.75, 3.05) is 5.32 Å². The first-order valence-corrected chi connectivity index (χ1v) is 12.9. The van der Waals surface area contributed by atoms with Gasteiger partial charge in [-0.1, -0.05) is 0 Å². The first-order chi connectivity index (χ1) is 20.1. The predicted octanol–water partition coefficient (Wildman–Crippen LogP) is 8.40. The monoisotopic (exact) mass is 747 g/mol. The Labute approximate surface area is 255 Å². The zero-order valence-corrected chi connectivity index (χ0v) is 24.6. The molecule has 0 spiro atoms. The Hall–Kier alpha value is -2.72. The van der Waals surface area contributed by atoms with Crippen molar-refractivity contribution in [3.8, 4) is 0 Å². The molecule has 0 atom stereocenters. The molecular formula is C22H18ClF16NO5S. The van der Waals surface area contributed by atoms with Gasteiger partial charge in [0.2, 0.25) is 0 Å². The average molecular weight is 748 g/mol. The van der Waals surface area contributed by atoms with Crippen molar-refractivity contribution < 1.29 is 94.1 Å². The second-order valence-corrected chi connectivity index (χ2v) is 11.1. The summed E-state index contributed by atoms with van der Waals surface area (Å²) in [5.74, 6) is -64.9. The smallest absolute Gasteiger partial charge is 0.393 e. The van der Waals surface area contributed by atoms with Crippen LogP contribution in [0.15, 0.2) is 0 Å². The Morgan fingerprint density at radius 3 is 1.35 bits per heavy atom. The van der Waals surface area contributed by atoms with Crippen LogP contribution < -0.4 is 5.32 Å². The number of nitrogens with one attached hydrogen (secondary N) is 1. The number of alkyl halides is 17. The van der Waals surface area contributed by atoms with Gasteiger partial charge in [-0.3, -0.25) is 4.79 Å². The van der Waals surface area contributed by atoms with E-state index >= 15 is 0 Å². The normalized spacial score (nSPS) is 14.5. The molecule has 1 rings (SSSR count). The number of carbonyl (C=O) groups is 3. The van der Waals surface area contributed by atoms with Crippen LogP contribution >= 0.6 is 22.9 Å². The number of carbonyl (C=O) groups excluding carboxylic acids is 3. The van der Waals surface area contributed by atoms with Crippen LogP contribution in [0.4, 0.5) is 75.2 Å². The van der Waals surface area contributed by atoms with Crippen molar-refractivity contribution in [1.82, 2.24) is 0 Å². The maximum absolute atomic E-state index is 14.5. The maximum atomic E-state index is 14.5. The number of rotatable bonds is 13. The minimum absolute atomic E-state index is 0.235. The number of anilines is 1. The van der Waals surface area contributed by atoms with Gasteiger partial charge in [-0.15, -0.1) is 11.3 Å². The topological polar surface area (TPSA) is 81.7 Å². The molecule has 6 nitrogen and oxygen atoms in total. The summed E-state index contributed by atoms with van der Waals surface area (Å²) in [5, 5.41) is -7.64. The second kappa shape index (κ2) is 12.4. The number of thiophene rings is 1. The van der Waals surface area contributed by atoms with Crippen LogP contribution in [0.5, 0.6) is 0 Å². The van der Waals surface area contributed by atoms with E-state index in [9.17, 15) is 84.6 Å². The van der Waals surface area contributed by atoms with Crippen LogP contribution in [-0.4, -0.2) is 76.9 Å². The van der Waals surface area contributed by atoms with Gasteiger partial charge >= 0.3 is 64.7 Å². The van der Waals surface area contributed by atoms with Crippen molar-refractivity contribution in [1.29, 1.82) is 0 Å². The lowest BCUT2D eigenvalue weighted by Gasteiger charge is -2.42. The largest absolute Gasteiger partial charge is 0.459 e. The van der Waals surface area contributed by atoms with Crippen LogP contribution in [0.25, 0.3) is 0 Å². The molecule has 1 aromatic rings. The van der Waals surface area contributed by atoms with E-state index in [1.54, 1.807) is 0 Å². The highest BCUT2D eigenvalue weighted by Crippen LogP contribution is 2.64. The van der Waals surface area contributed by atoms with Crippen LogP contribution in [0, 0.1) is 6.92 Å². The van der Waals surface area contributed by atoms with E-state index in [0.717, 1.165) is 6.92 Å². The quantitative estimate of drug-likeness (QED) is 0.125. The molecule has 0 saturated carbocycles. The van der Waals surface area contributed by atoms with Crippen molar-refractivity contribution >= 4 is 45.8 Å². The highest BCUT2D eigenvalue weighted by Gasteiger charge is 2.95. The third-order valence-corrected chi connectivity index (χ3v) is 6.88. The number of halogens is 17. The Morgan fingerprint density at radius 1 is 0.630 bits per heavy atom. The molecule has 1 N–H and O–H groups in total. The molecule has 0 radical (unpaired) electrons. The third-order valence-electron chi connectivity index (χ3n) is 5.46. The Morgan fingerprint density at radius 2 is 0.978 bits per heavy atom. The van der Waals surface area contributed by atoms with Gasteiger partial charge in [-0.05, 0) is 51.8 Å². The first kappa shape index (κ1) is 41.3. The summed E-state index contributed by atoms with van der Waals surface area (Å²) in [6, 6.07) is 0. The molecule has 266 valence electrons. The van der Waals surface area contributed by atoms with Gasteiger partial charge in [0.05, 0.1) is 17.8 Å². The number of hydrogen-bond donors (Lipinski definition) is 1. The Bertz CT molecular complexity index is 1340. The molecule has 0 aromatic carbocycles. The van der Waals surface area contributed by atoms with Gasteiger partial charge in [0.1, 0.15) is 9.88 Å². The average Bonchev–Trinajstić information content (AvgIpc) is 3.17. The van der Waals surface area contributed by atoms with Crippen LogP contribution in [-0.2, 0) is 14.3 Å². The van der Waals surface area contributed by atoms with Gasteiger partial charge < -0.3 is 14.8 Å². The molecule has 1 aromatic heterocycles. The minimum Gasteiger partial charge on any atom is -0.459 e. The van der Waals surface area contributed by atoms with E-state index in [4.69, 9.17) is 9.47 Å². The van der Waals surface area contributed by atoms with Gasteiger partial charge in [0, 0.05) is 0 Å². The lowest BCUT2D eigenvalue weighted by molar-refractivity contribution is -0.445. The van der Waals surface area contributed by atoms with Crippen LogP contribution in [0.1, 0.15) is 53.3 Å². The summed E-state index contributed by atoms with van der Waals surface area (Å²) in [4.78, 5) is 36.1. The third kappa shape index (κ3) is 6.40. The van der Waals surface area contributed by atoms with Crippen molar-refractivity contribution in [3.05, 3.63) is 16.0 Å². The Kier molecular flexibility index (Phi) is 11.1. The fourth-order valence-corrected chi connectivity index (χ4v) is 4.26. The summed E-state index contributed by atoms with van der Waals surface area (Å²) in [5.41, 5.74) is -1.68. The number of hydrogen-bond acceptors (Lipinski definition) is 6. The molecule has 46 heavy (non-hydrogen) atoms. The molecular weight excluding hydrogens is 730 g/mol. The van der Waals surface area contributed by atoms with Crippen molar-refractivity contribution in [2.24, 2.45) is 0 Å². The molecule has 0 bridgehead atoms. The second-order valence-electron chi connectivity index (χ2n) is 9.64. The highest BCUT2D eigenvalue weighted by atomic mass is 35.5. The molecule has 24 heteroatoms. The maximum Gasteiger partial charge on any atom is 0.393 e. The molecule has 0 fully saturated rings. The van der Waals surface area contributed by atoms with Gasteiger partial charge in [0.15, 0.2) is 0 Å². The number of esters is 2. The fourth-order valence-electron chi connectivity index (χ4n) is 3.07. The SMILES string of the molecule is Cc1c(C(=O)OC(C)C)sc(NC(=O)C(F)(F)C(F)(F)C(F)(F)C(F)(F)C(F)(F)C(F)(F)C(F)(F)C(F)(F)Cl)c1C(=O)OC(C)C. The zero-order chi connectivity index (χ0) is 37.0. The van der Waals surface area contributed by atoms with Crippen molar-refractivity contribution in [2.45, 2.75) is 93.7 Å². The van der Waals surface area contributed by atoms with E-state index in [-0.39, 0.29) is 11.3 Å².